The summed E-state index contributed by atoms with van der Waals surface area (Å²) >= 11 is 0. The van der Waals surface area contributed by atoms with Gasteiger partial charge in [0.2, 0.25) is 5.88 Å². The lowest BCUT2D eigenvalue weighted by atomic mass is 10.2. The van der Waals surface area contributed by atoms with Gasteiger partial charge in [-0.2, -0.15) is 0 Å². The number of pyridine rings is 1. The van der Waals surface area contributed by atoms with Crippen LogP contribution in [0.5, 0.6) is 11.6 Å². The largest absolute Gasteiger partial charge is 0.438 e. The van der Waals surface area contributed by atoms with Crippen LogP contribution in [0.15, 0.2) is 79.1 Å². The number of imidazole rings is 1. The van der Waals surface area contributed by atoms with Crippen molar-refractivity contribution < 1.29 is 9.53 Å². The number of carbonyl (C=O) groups excluding carboxylic acids is 1. The van der Waals surface area contributed by atoms with Gasteiger partial charge < -0.3 is 10.1 Å². The van der Waals surface area contributed by atoms with Crippen LogP contribution in [-0.2, 0) is 0 Å². The Morgan fingerprint density at radius 3 is 2.45 bits per heavy atom. The lowest BCUT2D eigenvalue weighted by Gasteiger charge is -2.08. The molecule has 0 atom stereocenters. The SMILES string of the molecule is Cc1ncn(-c2ccc(Oc3ccc(NC(=O)c4ccc5ccccc5n4)cc3)nn2)c1C. The number of hydrogen-bond donors (Lipinski definition) is 1. The van der Waals surface area contributed by atoms with E-state index in [1.165, 1.54) is 0 Å². The molecule has 0 bridgehead atoms. The third kappa shape index (κ3) is 4.27. The molecule has 1 N–H and O–H groups in total. The average molecular weight is 436 g/mol. The van der Waals surface area contributed by atoms with Gasteiger partial charge in [-0.3, -0.25) is 9.36 Å². The van der Waals surface area contributed by atoms with Crippen molar-refractivity contribution in [3.63, 3.8) is 0 Å². The second kappa shape index (κ2) is 8.51. The van der Waals surface area contributed by atoms with Crippen molar-refractivity contribution in [1.29, 1.82) is 0 Å². The fraction of sp³-hybridized carbons (Fsp3) is 0.0800. The number of rotatable bonds is 5. The first-order chi connectivity index (χ1) is 16.1. The molecule has 3 aromatic heterocycles. The average Bonchev–Trinajstić information content (AvgIpc) is 3.18. The minimum atomic E-state index is -0.277. The first-order valence-electron chi connectivity index (χ1n) is 10.4. The molecule has 8 heteroatoms. The Kier molecular flexibility index (Phi) is 5.24. The number of amides is 1. The van der Waals surface area contributed by atoms with Crippen LogP contribution in [0.25, 0.3) is 16.7 Å². The normalized spacial score (nSPS) is 10.8. The molecule has 1 amide bonds. The Balaban J connectivity index is 1.24. The van der Waals surface area contributed by atoms with E-state index >= 15 is 0 Å². The number of hydrogen-bond acceptors (Lipinski definition) is 6. The molecule has 8 nitrogen and oxygen atoms in total. The molecule has 162 valence electrons. The summed E-state index contributed by atoms with van der Waals surface area (Å²) in [5, 5.41) is 12.2. The highest BCUT2D eigenvalue weighted by Crippen LogP contribution is 2.22. The van der Waals surface area contributed by atoms with E-state index in [-0.39, 0.29) is 5.91 Å². The quantitative estimate of drug-likeness (QED) is 0.422. The first kappa shape index (κ1) is 20.3. The summed E-state index contributed by atoms with van der Waals surface area (Å²) in [7, 11) is 0. The van der Waals surface area contributed by atoms with Gasteiger partial charge in [0, 0.05) is 22.8 Å². The number of fused-ring (bicyclic) bond motifs is 1. The molecular weight excluding hydrogens is 416 g/mol. The minimum Gasteiger partial charge on any atom is -0.438 e. The van der Waals surface area contributed by atoms with Crippen molar-refractivity contribution in [3.05, 3.63) is 96.2 Å². The molecule has 5 rings (SSSR count). The molecule has 0 aliphatic heterocycles. The second-order valence-corrected chi connectivity index (χ2v) is 7.48. The van der Waals surface area contributed by atoms with E-state index < -0.39 is 0 Å². The van der Waals surface area contributed by atoms with Gasteiger partial charge >= 0.3 is 0 Å². The van der Waals surface area contributed by atoms with Crippen LogP contribution >= 0.6 is 0 Å². The highest BCUT2D eigenvalue weighted by Gasteiger charge is 2.10. The molecule has 3 heterocycles. The van der Waals surface area contributed by atoms with Crippen molar-refractivity contribution in [2.45, 2.75) is 13.8 Å². The van der Waals surface area contributed by atoms with Crippen LogP contribution in [0.3, 0.4) is 0 Å². The summed E-state index contributed by atoms with van der Waals surface area (Å²) in [5.74, 6) is 1.33. The number of anilines is 1. The fourth-order valence-electron chi connectivity index (χ4n) is 3.34. The number of carbonyl (C=O) groups is 1. The highest BCUT2D eigenvalue weighted by atomic mass is 16.5. The lowest BCUT2D eigenvalue weighted by Crippen LogP contribution is -2.13. The van der Waals surface area contributed by atoms with Gasteiger partial charge in [0.05, 0.1) is 11.2 Å². The van der Waals surface area contributed by atoms with Crippen molar-refractivity contribution in [2.24, 2.45) is 0 Å². The molecular formula is C25H20N6O2. The summed E-state index contributed by atoms with van der Waals surface area (Å²) < 4.78 is 7.64. The van der Waals surface area contributed by atoms with Gasteiger partial charge in [0.1, 0.15) is 17.8 Å². The molecule has 33 heavy (non-hydrogen) atoms. The van der Waals surface area contributed by atoms with E-state index in [0.717, 1.165) is 22.3 Å². The van der Waals surface area contributed by atoms with Gasteiger partial charge in [-0.15, -0.1) is 10.2 Å². The topological polar surface area (TPSA) is 94.8 Å². The number of nitrogens with zero attached hydrogens (tertiary/aromatic N) is 5. The lowest BCUT2D eigenvalue weighted by molar-refractivity contribution is 0.102. The summed E-state index contributed by atoms with van der Waals surface area (Å²) in [5.41, 5.74) is 3.72. The maximum Gasteiger partial charge on any atom is 0.274 e. The third-order valence-corrected chi connectivity index (χ3v) is 5.29. The van der Waals surface area contributed by atoms with Gasteiger partial charge in [-0.1, -0.05) is 24.3 Å². The van der Waals surface area contributed by atoms with E-state index in [9.17, 15) is 4.79 Å². The number of aromatic nitrogens is 5. The monoisotopic (exact) mass is 436 g/mol. The molecule has 0 aliphatic carbocycles. The molecule has 0 saturated heterocycles. The van der Waals surface area contributed by atoms with E-state index in [1.54, 1.807) is 42.7 Å². The molecule has 0 fully saturated rings. The van der Waals surface area contributed by atoms with E-state index in [2.05, 4.69) is 25.5 Å². The Bertz CT molecular complexity index is 1440. The van der Waals surface area contributed by atoms with Crippen molar-refractivity contribution in [2.75, 3.05) is 5.32 Å². The van der Waals surface area contributed by atoms with Gasteiger partial charge in [-0.25, -0.2) is 9.97 Å². The smallest absolute Gasteiger partial charge is 0.274 e. The van der Waals surface area contributed by atoms with Crippen molar-refractivity contribution in [3.8, 4) is 17.4 Å². The Labute approximate surface area is 189 Å². The Morgan fingerprint density at radius 1 is 0.909 bits per heavy atom. The van der Waals surface area contributed by atoms with Crippen LogP contribution < -0.4 is 10.1 Å². The standard InChI is InChI=1S/C25H20N6O2/c1-16-17(2)31(15-26-16)23-13-14-24(30-29-23)33-20-10-8-19(9-11-20)27-25(32)22-12-7-18-5-3-4-6-21(18)28-22/h3-15H,1-2H3,(H,27,32). The zero-order chi connectivity index (χ0) is 22.8. The Hall–Kier alpha value is -4.59. The van der Waals surface area contributed by atoms with Gasteiger partial charge in [0.25, 0.3) is 5.91 Å². The zero-order valence-corrected chi connectivity index (χ0v) is 18.1. The number of aryl methyl sites for hydroxylation is 1. The number of ether oxygens (including phenoxy) is 1. The summed E-state index contributed by atoms with van der Waals surface area (Å²) in [4.78, 5) is 21.3. The molecule has 0 radical (unpaired) electrons. The number of benzene rings is 2. The Morgan fingerprint density at radius 2 is 1.73 bits per heavy atom. The van der Waals surface area contributed by atoms with Crippen LogP contribution in [0.1, 0.15) is 21.9 Å². The molecule has 0 unspecified atom stereocenters. The van der Waals surface area contributed by atoms with E-state index in [4.69, 9.17) is 4.74 Å². The molecule has 0 aliphatic rings. The predicted octanol–water partition coefficient (Wildman–Crippen LogP) is 4.87. The fourth-order valence-corrected chi connectivity index (χ4v) is 3.34. The summed E-state index contributed by atoms with van der Waals surface area (Å²) in [6, 6.07) is 21.9. The zero-order valence-electron chi connectivity index (χ0n) is 18.1. The van der Waals surface area contributed by atoms with Crippen molar-refractivity contribution >= 4 is 22.5 Å². The van der Waals surface area contributed by atoms with Crippen LogP contribution in [-0.4, -0.2) is 30.6 Å². The van der Waals surface area contributed by atoms with Crippen molar-refractivity contribution in [1.82, 2.24) is 24.7 Å². The first-order valence-corrected chi connectivity index (χ1v) is 10.4. The van der Waals surface area contributed by atoms with Gasteiger partial charge in [0.15, 0.2) is 5.82 Å². The van der Waals surface area contributed by atoms with Gasteiger partial charge in [-0.05, 0) is 56.3 Å². The molecule has 2 aromatic carbocycles. The van der Waals surface area contributed by atoms with Crippen LogP contribution in [0, 0.1) is 13.8 Å². The number of para-hydroxylation sites is 1. The highest BCUT2D eigenvalue weighted by molar-refractivity contribution is 6.04. The molecule has 0 spiro atoms. The summed E-state index contributed by atoms with van der Waals surface area (Å²) in [6.07, 6.45) is 1.72. The van der Waals surface area contributed by atoms with Crippen LogP contribution in [0.2, 0.25) is 0 Å². The van der Waals surface area contributed by atoms with E-state index in [0.29, 0.717) is 28.8 Å². The predicted molar refractivity (Wildman–Crippen MR) is 125 cm³/mol. The number of nitrogens with one attached hydrogen (secondary N) is 1. The summed E-state index contributed by atoms with van der Waals surface area (Å²) in [6.45, 7) is 3.92. The molecule has 0 saturated carbocycles. The van der Waals surface area contributed by atoms with Crippen LogP contribution in [0.4, 0.5) is 5.69 Å². The third-order valence-electron chi connectivity index (χ3n) is 5.29. The second-order valence-electron chi connectivity index (χ2n) is 7.48. The van der Waals surface area contributed by atoms with E-state index in [1.807, 2.05) is 54.8 Å². The maximum atomic E-state index is 12.6. The molecule has 5 aromatic rings. The minimum absolute atomic E-state index is 0.277. The maximum absolute atomic E-state index is 12.6.